The Morgan fingerprint density at radius 3 is 1.29 bits per heavy atom. The Hall–Kier alpha value is -2.64. The first-order valence-electron chi connectivity index (χ1n) is 3.92. The van der Waals surface area contributed by atoms with Gasteiger partial charge in [0, 0.05) is 24.3 Å². The third kappa shape index (κ3) is 19.7. The van der Waals surface area contributed by atoms with Crippen LogP contribution < -0.4 is 0 Å². The van der Waals surface area contributed by atoms with Gasteiger partial charge >= 0.3 is 23.9 Å². The van der Waals surface area contributed by atoms with Crippen molar-refractivity contribution in [3.63, 3.8) is 0 Å². The molecule has 8 nitrogen and oxygen atoms in total. The number of methoxy groups -OCH3 is 1. The number of hydrogen-bond acceptors (Lipinski definition) is 5. The van der Waals surface area contributed by atoms with Crippen LogP contribution in [0.15, 0.2) is 24.3 Å². The van der Waals surface area contributed by atoms with Crippen molar-refractivity contribution in [2.45, 2.75) is 0 Å². The van der Waals surface area contributed by atoms with E-state index in [0.29, 0.717) is 18.2 Å². The lowest BCUT2D eigenvalue weighted by molar-refractivity contribution is -0.136. The van der Waals surface area contributed by atoms with Crippen LogP contribution in [0.3, 0.4) is 0 Å². The van der Waals surface area contributed by atoms with Crippen LogP contribution in [0.1, 0.15) is 0 Å². The first-order chi connectivity index (χ1) is 7.79. The molecule has 0 rings (SSSR count). The molecule has 0 aliphatic heterocycles. The van der Waals surface area contributed by atoms with Gasteiger partial charge < -0.3 is 20.1 Å². The fourth-order valence-corrected chi connectivity index (χ4v) is 0.350. The van der Waals surface area contributed by atoms with Crippen molar-refractivity contribution < 1.29 is 39.2 Å². The van der Waals surface area contributed by atoms with Crippen LogP contribution in [0, 0.1) is 0 Å². The Labute approximate surface area is 95.4 Å². The number of carboxylic acids is 3. The maximum Gasteiger partial charge on any atom is 0.330 e. The van der Waals surface area contributed by atoms with Crippen LogP contribution in [0.5, 0.6) is 0 Å². The van der Waals surface area contributed by atoms with Gasteiger partial charge in [-0.3, -0.25) is 0 Å². The van der Waals surface area contributed by atoms with Crippen molar-refractivity contribution in [2.24, 2.45) is 0 Å². The minimum atomic E-state index is -1.26. The summed E-state index contributed by atoms with van der Waals surface area (Å²) in [5.41, 5.74) is 0. The summed E-state index contributed by atoms with van der Waals surface area (Å²) >= 11 is 0. The maximum atomic E-state index is 10.1. The van der Waals surface area contributed by atoms with Crippen molar-refractivity contribution in [3.05, 3.63) is 24.3 Å². The standard InChI is InChI=1S/C5H6O4.C4H4O4/c1-9-5(8)3-2-4(6)7;5-3(6)1-2-4(7)8/h2-3H,1H3,(H,6,7);1-2H,(H,5,6)(H,7,8). The van der Waals surface area contributed by atoms with E-state index in [4.69, 9.17) is 15.3 Å². The van der Waals surface area contributed by atoms with E-state index in [1.165, 1.54) is 7.11 Å². The molecule has 17 heavy (non-hydrogen) atoms. The highest BCUT2D eigenvalue weighted by molar-refractivity contribution is 5.90. The molecule has 0 aromatic rings. The number of rotatable bonds is 4. The van der Waals surface area contributed by atoms with Gasteiger partial charge in [-0.25, -0.2) is 19.2 Å². The van der Waals surface area contributed by atoms with Gasteiger partial charge in [0.25, 0.3) is 0 Å². The predicted octanol–water partition coefficient (Wildman–Crippen LogP) is -0.488. The summed E-state index contributed by atoms with van der Waals surface area (Å²) in [6.45, 7) is 0. The highest BCUT2D eigenvalue weighted by Gasteiger charge is 1.91. The predicted molar refractivity (Wildman–Crippen MR) is 53.2 cm³/mol. The Kier molecular flexibility index (Phi) is 9.77. The Morgan fingerprint density at radius 1 is 0.765 bits per heavy atom. The summed E-state index contributed by atoms with van der Waals surface area (Å²) in [5, 5.41) is 23.6. The molecule has 0 heterocycles. The Bertz CT molecular complexity index is 336. The lowest BCUT2D eigenvalue weighted by Gasteiger charge is -1.85. The molecule has 0 aromatic carbocycles. The molecule has 0 unspecified atom stereocenters. The van der Waals surface area contributed by atoms with Gasteiger partial charge in [-0.1, -0.05) is 0 Å². The molecular formula is C9H10O8. The molecule has 0 aliphatic rings. The quantitative estimate of drug-likeness (QED) is 0.446. The SMILES string of the molecule is COC(=O)C=CC(=O)O.O=C(O)C=CC(=O)O. The van der Waals surface area contributed by atoms with Crippen LogP contribution in [0.25, 0.3) is 0 Å². The lowest BCUT2D eigenvalue weighted by Crippen LogP contribution is -1.96. The van der Waals surface area contributed by atoms with Gasteiger partial charge in [0.05, 0.1) is 7.11 Å². The summed E-state index contributed by atoms with van der Waals surface area (Å²) in [7, 11) is 1.18. The van der Waals surface area contributed by atoms with Gasteiger partial charge in [-0.15, -0.1) is 0 Å². The highest BCUT2D eigenvalue weighted by atomic mass is 16.5. The molecule has 0 fully saturated rings. The normalized spacial score (nSPS) is 9.47. The van der Waals surface area contributed by atoms with Gasteiger partial charge in [-0.05, 0) is 0 Å². The van der Waals surface area contributed by atoms with Crippen LogP contribution in [-0.2, 0) is 23.9 Å². The zero-order chi connectivity index (χ0) is 13.8. The van der Waals surface area contributed by atoms with Gasteiger partial charge in [0.2, 0.25) is 0 Å². The van der Waals surface area contributed by atoms with Crippen molar-refractivity contribution in [1.82, 2.24) is 0 Å². The Morgan fingerprint density at radius 2 is 1.06 bits per heavy atom. The average Bonchev–Trinajstić information content (AvgIpc) is 2.23. The third-order valence-corrected chi connectivity index (χ3v) is 0.932. The largest absolute Gasteiger partial charge is 0.478 e. The van der Waals surface area contributed by atoms with Gasteiger partial charge in [-0.2, -0.15) is 0 Å². The molecule has 0 bridgehead atoms. The van der Waals surface area contributed by atoms with E-state index in [1.54, 1.807) is 0 Å². The van der Waals surface area contributed by atoms with E-state index in [-0.39, 0.29) is 0 Å². The van der Waals surface area contributed by atoms with Crippen molar-refractivity contribution in [1.29, 1.82) is 0 Å². The van der Waals surface area contributed by atoms with E-state index in [9.17, 15) is 19.2 Å². The van der Waals surface area contributed by atoms with Crippen molar-refractivity contribution in [2.75, 3.05) is 7.11 Å². The second-order valence-electron chi connectivity index (χ2n) is 2.20. The second kappa shape index (κ2) is 9.90. The number of carbonyl (C=O) groups excluding carboxylic acids is 1. The second-order valence-corrected chi connectivity index (χ2v) is 2.20. The Balaban J connectivity index is 0. The molecule has 0 radical (unpaired) electrons. The summed E-state index contributed by atoms with van der Waals surface area (Å²) < 4.78 is 4.11. The van der Waals surface area contributed by atoms with Crippen LogP contribution >= 0.6 is 0 Å². The van der Waals surface area contributed by atoms with Gasteiger partial charge in [0.1, 0.15) is 0 Å². The molecule has 0 atom stereocenters. The van der Waals surface area contributed by atoms with Crippen molar-refractivity contribution in [3.8, 4) is 0 Å². The third-order valence-electron chi connectivity index (χ3n) is 0.932. The van der Waals surface area contributed by atoms with E-state index in [2.05, 4.69) is 4.74 Å². The maximum absolute atomic E-state index is 10.1. The van der Waals surface area contributed by atoms with E-state index in [0.717, 1.165) is 6.08 Å². The molecule has 0 spiro atoms. The van der Waals surface area contributed by atoms with Crippen LogP contribution in [-0.4, -0.2) is 46.3 Å². The fourth-order valence-electron chi connectivity index (χ4n) is 0.350. The molecular weight excluding hydrogens is 236 g/mol. The van der Waals surface area contributed by atoms with Crippen LogP contribution in [0.4, 0.5) is 0 Å². The zero-order valence-corrected chi connectivity index (χ0v) is 8.69. The molecule has 0 saturated heterocycles. The number of aliphatic carboxylic acids is 3. The lowest BCUT2D eigenvalue weighted by atomic mass is 10.5. The molecule has 8 heteroatoms. The molecule has 94 valence electrons. The highest BCUT2D eigenvalue weighted by Crippen LogP contribution is 1.76. The number of esters is 1. The first kappa shape index (κ1) is 16.8. The summed E-state index contributed by atoms with van der Waals surface area (Å²) in [6.07, 6.45) is 2.67. The minimum Gasteiger partial charge on any atom is -0.478 e. The molecule has 0 saturated carbocycles. The van der Waals surface area contributed by atoms with Crippen LogP contribution in [0.2, 0.25) is 0 Å². The molecule has 3 N–H and O–H groups in total. The molecule has 0 amide bonds. The van der Waals surface area contributed by atoms with E-state index >= 15 is 0 Å². The van der Waals surface area contributed by atoms with E-state index in [1.807, 2.05) is 0 Å². The molecule has 0 aromatic heterocycles. The summed E-state index contributed by atoms with van der Waals surface area (Å²) in [5.74, 6) is -4.35. The number of carbonyl (C=O) groups is 4. The van der Waals surface area contributed by atoms with Crippen molar-refractivity contribution >= 4 is 23.9 Å². The number of carboxylic acid groups (broad SMARTS) is 3. The van der Waals surface area contributed by atoms with Gasteiger partial charge in [0.15, 0.2) is 0 Å². The summed E-state index contributed by atoms with van der Waals surface area (Å²) in [4.78, 5) is 39.0. The molecule has 0 aliphatic carbocycles. The van der Waals surface area contributed by atoms with E-state index < -0.39 is 23.9 Å². The fraction of sp³-hybridized carbons (Fsp3) is 0.111. The smallest absolute Gasteiger partial charge is 0.330 e. The number of ether oxygens (including phenoxy) is 1. The topological polar surface area (TPSA) is 138 Å². The first-order valence-corrected chi connectivity index (χ1v) is 3.92. The summed E-state index contributed by atoms with van der Waals surface area (Å²) in [6, 6.07) is 0. The number of hydrogen-bond donors (Lipinski definition) is 3. The average molecular weight is 246 g/mol. The zero-order valence-electron chi connectivity index (χ0n) is 8.69. The minimum absolute atomic E-state index is 0.558. The monoisotopic (exact) mass is 246 g/mol.